The number of benzene rings is 1. The quantitative estimate of drug-likeness (QED) is 0.852. The Bertz CT molecular complexity index is 479. The highest BCUT2D eigenvalue weighted by Gasteiger charge is 2.02. The summed E-state index contributed by atoms with van der Waals surface area (Å²) in [5.41, 5.74) is 2.81. The summed E-state index contributed by atoms with van der Waals surface area (Å²) in [5.74, 6) is 0.0103. The van der Waals surface area contributed by atoms with Crippen LogP contribution < -0.4 is 5.32 Å². The lowest BCUT2D eigenvalue weighted by atomic mass is 10.1. The molecule has 0 aliphatic heterocycles. The largest absolute Gasteiger partial charge is 0.345 e. The lowest BCUT2D eigenvalue weighted by Crippen LogP contribution is -2.11. The molecule has 5 heteroatoms. The highest BCUT2D eigenvalue weighted by Crippen LogP contribution is 2.18. The topological polar surface area (TPSA) is 57.8 Å². The van der Waals surface area contributed by atoms with Gasteiger partial charge in [0.05, 0.1) is 18.2 Å². The van der Waals surface area contributed by atoms with E-state index in [0.717, 1.165) is 16.9 Å². The molecule has 1 heterocycles. The number of alkyl halides is 1. The predicted octanol–water partition coefficient (Wildman–Crippen LogP) is 2.80. The highest BCUT2D eigenvalue weighted by molar-refractivity contribution is 9.09. The number of nitrogens with zero attached hydrogens (tertiary/aromatic N) is 1. The van der Waals surface area contributed by atoms with Crippen molar-refractivity contribution in [3.8, 4) is 11.3 Å². The molecular weight excluding hydrogens is 282 g/mol. The summed E-state index contributed by atoms with van der Waals surface area (Å²) in [6.07, 6.45) is 3.88. The lowest BCUT2D eigenvalue weighted by molar-refractivity contribution is -0.115. The van der Waals surface area contributed by atoms with E-state index in [1.807, 2.05) is 24.3 Å². The molecular formula is C12H12BrN3O. The van der Waals surface area contributed by atoms with E-state index in [1.165, 1.54) is 0 Å². The molecule has 0 atom stereocenters. The van der Waals surface area contributed by atoms with Crippen LogP contribution in [0.4, 0.5) is 5.69 Å². The second-order valence-electron chi connectivity index (χ2n) is 3.53. The molecule has 0 unspecified atom stereocenters. The molecule has 2 N–H and O–H groups in total. The molecule has 1 aromatic heterocycles. The number of aromatic nitrogens is 2. The summed E-state index contributed by atoms with van der Waals surface area (Å²) < 4.78 is 0. The van der Waals surface area contributed by atoms with Crippen LogP contribution in [0, 0.1) is 0 Å². The lowest BCUT2D eigenvalue weighted by Gasteiger charge is -2.04. The summed E-state index contributed by atoms with van der Waals surface area (Å²) in [5, 5.41) is 3.49. The molecule has 0 saturated heterocycles. The number of amides is 1. The maximum absolute atomic E-state index is 11.4. The Morgan fingerprint density at radius 1 is 1.35 bits per heavy atom. The Kier molecular flexibility index (Phi) is 3.93. The number of rotatable bonds is 4. The maximum Gasteiger partial charge on any atom is 0.225 e. The molecule has 4 nitrogen and oxygen atoms in total. The van der Waals surface area contributed by atoms with E-state index < -0.39 is 0 Å². The molecule has 0 saturated carbocycles. The van der Waals surface area contributed by atoms with Gasteiger partial charge in [0, 0.05) is 17.4 Å². The molecule has 0 fully saturated rings. The fourth-order valence-electron chi connectivity index (χ4n) is 1.46. The van der Waals surface area contributed by atoms with Crippen LogP contribution in [0.1, 0.15) is 6.42 Å². The number of aromatic amines is 1. The molecule has 88 valence electrons. The van der Waals surface area contributed by atoms with E-state index in [4.69, 9.17) is 0 Å². The van der Waals surface area contributed by atoms with Crippen LogP contribution in [0.15, 0.2) is 36.8 Å². The van der Waals surface area contributed by atoms with Gasteiger partial charge >= 0.3 is 0 Å². The van der Waals surface area contributed by atoms with Crippen molar-refractivity contribution in [2.24, 2.45) is 0 Å². The van der Waals surface area contributed by atoms with Gasteiger partial charge in [-0.05, 0) is 17.7 Å². The minimum atomic E-state index is 0.0103. The zero-order valence-electron chi connectivity index (χ0n) is 9.11. The van der Waals surface area contributed by atoms with Gasteiger partial charge in [0.1, 0.15) is 0 Å². The molecule has 0 radical (unpaired) electrons. The predicted molar refractivity (Wildman–Crippen MR) is 71.1 cm³/mol. The van der Waals surface area contributed by atoms with Crippen molar-refractivity contribution < 1.29 is 4.79 Å². The van der Waals surface area contributed by atoms with E-state index in [1.54, 1.807) is 12.5 Å². The molecule has 0 bridgehead atoms. The van der Waals surface area contributed by atoms with Crippen LogP contribution in [0.3, 0.4) is 0 Å². The first-order valence-corrected chi connectivity index (χ1v) is 6.36. The van der Waals surface area contributed by atoms with Crippen molar-refractivity contribution in [3.63, 3.8) is 0 Å². The maximum atomic E-state index is 11.4. The summed E-state index contributed by atoms with van der Waals surface area (Å²) in [6, 6.07) is 7.64. The van der Waals surface area contributed by atoms with Gasteiger partial charge in [-0.3, -0.25) is 4.79 Å². The van der Waals surface area contributed by atoms with Gasteiger partial charge in [-0.15, -0.1) is 0 Å². The number of carbonyl (C=O) groups is 1. The van der Waals surface area contributed by atoms with Crippen molar-refractivity contribution in [2.75, 3.05) is 10.6 Å². The monoisotopic (exact) mass is 293 g/mol. The van der Waals surface area contributed by atoms with Crippen molar-refractivity contribution >= 4 is 27.5 Å². The number of imidazole rings is 1. The molecule has 0 aliphatic rings. The van der Waals surface area contributed by atoms with Gasteiger partial charge in [-0.2, -0.15) is 0 Å². The van der Waals surface area contributed by atoms with Gasteiger partial charge in [-0.1, -0.05) is 28.1 Å². The van der Waals surface area contributed by atoms with Crippen molar-refractivity contribution in [1.29, 1.82) is 0 Å². The van der Waals surface area contributed by atoms with Gasteiger partial charge < -0.3 is 10.3 Å². The van der Waals surface area contributed by atoms with Crippen LogP contribution in [-0.4, -0.2) is 21.2 Å². The first-order valence-electron chi connectivity index (χ1n) is 5.24. The first-order chi connectivity index (χ1) is 8.29. The average Bonchev–Trinajstić information content (AvgIpc) is 2.84. The Labute approximate surface area is 108 Å². The third-order valence-electron chi connectivity index (χ3n) is 2.30. The van der Waals surface area contributed by atoms with Crippen LogP contribution in [-0.2, 0) is 4.79 Å². The number of H-pyrrole nitrogens is 1. The fraction of sp³-hybridized carbons (Fsp3) is 0.167. The number of carbonyl (C=O) groups excluding carboxylic acids is 1. The van der Waals surface area contributed by atoms with Crippen molar-refractivity contribution in [2.45, 2.75) is 6.42 Å². The average molecular weight is 294 g/mol. The third-order valence-corrected chi connectivity index (χ3v) is 2.70. The van der Waals surface area contributed by atoms with Crippen LogP contribution in [0.25, 0.3) is 11.3 Å². The summed E-state index contributed by atoms with van der Waals surface area (Å²) in [6.45, 7) is 0. The second-order valence-corrected chi connectivity index (χ2v) is 4.32. The number of hydrogen-bond acceptors (Lipinski definition) is 2. The fourth-order valence-corrected chi connectivity index (χ4v) is 1.82. The van der Waals surface area contributed by atoms with Crippen LogP contribution >= 0.6 is 15.9 Å². The SMILES string of the molecule is O=C(CCBr)Nc1ccc(-c2cnc[nH]2)cc1. The first kappa shape index (κ1) is 11.9. The van der Waals surface area contributed by atoms with E-state index >= 15 is 0 Å². The Balaban J connectivity index is 2.06. The normalized spacial score (nSPS) is 10.2. The number of anilines is 1. The molecule has 2 aromatic rings. The van der Waals surface area contributed by atoms with Gasteiger partial charge in [-0.25, -0.2) is 4.98 Å². The standard InChI is InChI=1S/C12H12BrN3O/c13-6-5-12(17)16-10-3-1-9(2-4-10)11-7-14-8-15-11/h1-4,7-8H,5-6H2,(H,14,15)(H,16,17). The minimum absolute atomic E-state index is 0.0103. The van der Waals surface area contributed by atoms with Crippen LogP contribution in [0.5, 0.6) is 0 Å². The number of halogens is 1. The van der Waals surface area contributed by atoms with Crippen LogP contribution in [0.2, 0.25) is 0 Å². The zero-order chi connectivity index (χ0) is 12.1. The van der Waals surface area contributed by atoms with E-state index in [0.29, 0.717) is 11.8 Å². The van der Waals surface area contributed by atoms with E-state index in [9.17, 15) is 4.79 Å². The zero-order valence-corrected chi connectivity index (χ0v) is 10.7. The Morgan fingerprint density at radius 2 is 2.12 bits per heavy atom. The van der Waals surface area contributed by atoms with Gasteiger partial charge in [0.2, 0.25) is 5.91 Å². The summed E-state index contributed by atoms with van der Waals surface area (Å²) in [7, 11) is 0. The highest BCUT2D eigenvalue weighted by atomic mass is 79.9. The third kappa shape index (κ3) is 3.17. The van der Waals surface area contributed by atoms with Crippen molar-refractivity contribution in [3.05, 3.63) is 36.8 Å². The second kappa shape index (κ2) is 5.63. The van der Waals surface area contributed by atoms with E-state index in [-0.39, 0.29) is 5.91 Å². The molecule has 0 aliphatic carbocycles. The number of nitrogens with one attached hydrogen (secondary N) is 2. The Hall–Kier alpha value is -1.62. The Morgan fingerprint density at radius 3 is 2.71 bits per heavy atom. The molecule has 17 heavy (non-hydrogen) atoms. The molecule has 1 aromatic carbocycles. The van der Waals surface area contributed by atoms with Gasteiger partial charge in [0.25, 0.3) is 0 Å². The summed E-state index contributed by atoms with van der Waals surface area (Å²) >= 11 is 3.23. The number of hydrogen-bond donors (Lipinski definition) is 2. The van der Waals surface area contributed by atoms with E-state index in [2.05, 4.69) is 31.2 Å². The smallest absolute Gasteiger partial charge is 0.225 e. The van der Waals surface area contributed by atoms with Gasteiger partial charge in [0.15, 0.2) is 0 Å². The molecule has 1 amide bonds. The molecule has 0 spiro atoms. The van der Waals surface area contributed by atoms with Crippen molar-refractivity contribution in [1.82, 2.24) is 9.97 Å². The summed E-state index contributed by atoms with van der Waals surface area (Å²) in [4.78, 5) is 18.4. The molecule has 2 rings (SSSR count). The minimum Gasteiger partial charge on any atom is -0.345 e.